The van der Waals surface area contributed by atoms with Crippen molar-refractivity contribution in [3.63, 3.8) is 0 Å². The number of benzene rings is 1. The van der Waals surface area contributed by atoms with Crippen molar-refractivity contribution < 1.29 is 9.53 Å². The number of nitrogens with zero attached hydrogens (tertiary/aromatic N) is 3. The largest absolute Gasteiger partial charge is 0.372 e. The van der Waals surface area contributed by atoms with E-state index in [4.69, 9.17) is 4.74 Å². The molecule has 0 saturated carbocycles. The Morgan fingerprint density at radius 1 is 1.07 bits per heavy atom. The van der Waals surface area contributed by atoms with E-state index < -0.39 is 0 Å². The minimum Gasteiger partial charge on any atom is -0.372 e. The van der Waals surface area contributed by atoms with Crippen molar-refractivity contribution in [2.45, 2.75) is 33.0 Å². The molecule has 1 N–H and O–H groups in total. The van der Waals surface area contributed by atoms with Crippen molar-refractivity contribution in [1.29, 1.82) is 0 Å². The van der Waals surface area contributed by atoms with Crippen LogP contribution >= 0.6 is 0 Å². The Morgan fingerprint density at radius 2 is 1.87 bits per heavy atom. The number of morpholine rings is 1. The first kappa shape index (κ1) is 20.0. The highest BCUT2D eigenvalue weighted by Crippen LogP contribution is 2.25. The smallest absolute Gasteiger partial charge is 0.257 e. The van der Waals surface area contributed by atoms with Crippen LogP contribution in [0.25, 0.3) is 11.3 Å². The van der Waals surface area contributed by atoms with Crippen molar-refractivity contribution in [3.8, 4) is 11.3 Å². The third-order valence-corrected chi connectivity index (χ3v) is 5.19. The number of nitrogens with one attached hydrogen (secondary N) is 1. The predicted molar refractivity (Wildman–Crippen MR) is 119 cm³/mol. The maximum absolute atomic E-state index is 12.7. The molecule has 0 radical (unpaired) electrons. The third kappa shape index (κ3) is 4.49. The molecule has 4 rings (SSSR count). The molecule has 1 aliphatic rings. The van der Waals surface area contributed by atoms with Crippen molar-refractivity contribution in [2.24, 2.45) is 0 Å². The van der Waals surface area contributed by atoms with Gasteiger partial charge in [0.2, 0.25) is 0 Å². The van der Waals surface area contributed by atoms with Crippen LogP contribution in [0, 0.1) is 6.92 Å². The molecule has 3 heterocycles. The van der Waals surface area contributed by atoms with Gasteiger partial charge in [-0.3, -0.25) is 9.78 Å². The molecule has 6 nitrogen and oxygen atoms in total. The molecular weight excluding hydrogens is 376 g/mol. The van der Waals surface area contributed by atoms with Crippen LogP contribution in [0.5, 0.6) is 0 Å². The van der Waals surface area contributed by atoms with Crippen LogP contribution in [-0.4, -0.2) is 41.2 Å². The van der Waals surface area contributed by atoms with Gasteiger partial charge in [0.05, 0.1) is 23.5 Å². The lowest BCUT2D eigenvalue weighted by Gasteiger charge is -2.36. The highest BCUT2D eigenvalue weighted by Gasteiger charge is 2.23. The molecular formula is C24H26N4O2. The third-order valence-electron chi connectivity index (χ3n) is 5.19. The molecule has 2 aromatic heterocycles. The fourth-order valence-corrected chi connectivity index (χ4v) is 3.77. The number of ether oxygens (including phenoxy) is 1. The summed E-state index contributed by atoms with van der Waals surface area (Å²) < 4.78 is 5.78. The van der Waals surface area contributed by atoms with Crippen molar-refractivity contribution in [1.82, 2.24) is 9.97 Å². The van der Waals surface area contributed by atoms with Gasteiger partial charge in [-0.15, -0.1) is 0 Å². The van der Waals surface area contributed by atoms with Crippen LogP contribution in [-0.2, 0) is 4.74 Å². The number of pyridine rings is 2. The van der Waals surface area contributed by atoms with Crippen LogP contribution < -0.4 is 10.2 Å². The number of hydrogen-bond donors (Lipinski definition) is 1. The topological polar surface area (TPSA) is 67.4 Å². The molecule has 1 aromatic carbocycles. The Kier molecular flexibility index (Phi) is 5.77. The van der Waals surface area contributed by atoms with Gasteiger partial charge >= 0.3 is 0 Å². The summed E-state index contributed by atoms with van der Waals surface area (Å²) in [6.45, 7) is 7.74. The minimum absolute atomic E-state index is 0.161. The van der Waals surface area contributed by atoms with Crippen LogP contribution in [0.2, 0.25) is 0 Å². The highest BCUT2D eigenvalue weighted by molar-refractivity contribution is 6.04. The zero-order chi connectivity index (χ0) is 21.1. The Balaban J connectivity index is 1.48. The zero-order valence-electron chi connectivity index (χ0n) is 17.5. The standard InChI is InChI=1S/C24H26N4O2/c1-16-7-9-20(12-21(16)22-6-4-5-11-25-22)27-24(29)19-8-10-23(26-13-19)28-14-17(2)30-18(3)15-28/h4-13,17-18H,14-15H2,1-3H3,(H,27,29). The second-order valence-corrected chi connectivity index (χ2v) is 7.77. The number of aromatic nitrogens is 2. The van der Waals surface area contributed by atoms with E-state index in [0.717, 1.165) is 41.4 Å². The van der Waals surface area contributed by atoms with Crippen LogP contribution in [0.15, 0.2) is 60.9 Å². The van der Waals surface area contributed by atoms with Gasteiger partial charge in [0, 0.05) is 36.7 Å². The Bertz CT molecular complexity index is 1010. The number of aryl methyl sites for hydroxylation is 1. The van der Waals surface area contributed by atoms with E-state index in [0.29, 0.717) is 5.56 Å². The lowest BCUT2D eigenvalue weighted by Crippen LogP contribution is -2.45. The molecule has 1 aliphatic heterocycles. The molecule has 30 heavy (non-hydrogen) atoms. The van der Waals surface area contributed by atoms with Crippen LogP contribution in [0.3, 0.4) is 0 Å². The van der Waals surface area contributed by atoms with E-state index in [-0.39, 0.29) is 18.1 Å². The van der Waals surface area contributed by atoms with Gasteiger partial charge in [0.15, 0.2) is 0 Å². The minimum atomic E-state index is -0.186. The first-order valence-corrected chi connectivity index (χ1v) is 10.2. The summed E-state index contributed by atoms with van der Waals surface area (Å²) >= 11 is 0. The van der Waals surface area contributed by atoms with Gasteiger partial charge in [-0.1, -0.05) is 12.1 Å². The van der Waals surface area contributed by atoms with Crippen molar-refractivity contribution >= 4 is 17.4 Å². The molecule has 0 spiro atoms. The quantitative estimate of drug-likeness (QED) is 0.704. The van der Waals surface area contributed by atoms with Crippen LogP contribution in [0.1, 0.15) is 29.8 Å². The molecule has 1 fully saturated rings. The summed E-state index contributed by atoms with van der Waals surface area (Å²) in [5, 5.41) is 2.97. The maximum Gasteiger partial charge on any atom is 0.257 e. The molecule has 0 aliphatic carbocycles. The summed E-state index contributed by atoms with van der Waals surface area (Å²) in [7, 11) is 0. The number of anilines is 2. The maximum atomic E-state index is 12.7. The summed E-state index contributed by atoms with van der Waals surface area (Å²) in [5.74, 6) is 0.676. The lowest BCUT2D eigenvalue weighted by molar-refractivity contribution is -0.00546. The van der Waals surface area contributed by atoms with Gasteiger partial charge < -0.3 is 15.0 Å². The van der Waals surface area contributed by atoms with E-state index in [1.54, 1.807) is 12.4 Å². The predicted octanol–water partition coefficient (Wildman–Crippen LogP) is 4.32. The van der Waals surface area contributed by atoms with E-state index in [9.17, 15) is 4.79 Å². The van der Waals surface area contributed by atoms with Crippen LogP contribution in [0.4, 0.5) is 11.5 Å². The second-order valence-electron chi connectivity index (χ2n) is 7.77. The first-order valence-electron chi connectivity index (χ1n) is 10.2. The fraction of sp³-hybridized carbons (Fsp3) is 0.292. The second kappa shape index (κ2) is 8.63. The Labute approximate surface area is 176 Å². The average Bonchev–Trinajstić information content (AvgIpc) is 2.75. The molecule has 2 atom stereocenters. The number of carbonyl (C=O) groups excluding carboxylic acids is 1. The van der Waals surface area contributed by atoms with E-state index in [1.807, 2.05) is 55.5 Å². The molecule has 2 unspecified atom stereocenters. The number of hydrogen-bond acceptors (Lipinski definition) is 5. The number of amides is 1. The molecule has 1 saturated heterocycles. The summed E-state index contributed by atoms with van der Waals surface area (Å²) in [6.07, 6.45) is 3.72. The SMILES string of the molecule is Cc1ccc(NC(=O)c2ccc(N3CC(C)OC(C)C3)nc2)cc1-c1ccccn1. The number of rotatable bonds is 4. The van der Waals surface area contributed by atoms with E-state index >= 15 is 0 Å². The monoisotopic (exact) mass is 402 g/mol. The molecule has 0 bridgehead atoms. The molecule has 6 heteroatoms. The summed E-state index contributed by atoms with van der Waals surface area (Å²) in [5.41, 5.74) is 4.23. The van der Waals surface area contributed by atoms with Gasteiger partial charge in [-0.25, -0.2) is 4.98 Å². The fourth-order valence-electron chi connectivity index (χ4n) is 3.77. The molecule has 3 aromatic rings. The zero-order valence-corrected chi connectivity index (χ0v) is 17.5. The van der Waals surface area contributed by atoms with Crippen molar-refractivity contribution in [2.75, 3.05) is 23.3 Å². The van der Waals surface area contributed by atoms with Crippen molar-refractivity contribution in [3.05, 3.63) is 72.1 Å². The normalized spacial score (nSPS) is 18.8. The summed E-state index contributed by atoms with van der Waals surface area (Å²) in [6, 6.07) is 15.4. The van der Waals surface area contributed by atoms with E-state index in [2.05, 4.69) is 34.0 Å². The average molecular weight is 402 g/mol. The van der Waals surface area contributed by atoms with E-state index in [1.165, 1.54) is 0 Å². The Hall–Kier alpha value is -3.25. The van der Waals surface area contributed by atoms with Gasteiger partial charge in [-0.2, -0.15) is 0 Å². The Morgan fingerprint density at radius 3 is 2.53 bits per heavy atom. The first-order chi connectivity index (χ1) is 14.5. The van der Waals surface area contributed by atoms with Gasteiger partial charge in [-0.05, 0) is 62.7 Å². The molecule has 154 valence electrons. The number of carbonyl (C=O) groups is 1. The molecule has 1 amide bonds. The van der Waals surface area contributed by atoms with Gasteiger partial charge in [0.1, 0.15) is 5.82 Å². The van der Waals surface area contributed by atoms with Gasteiger partial charge in [0.25, 0.3) is 5.91 Å². The summed E-state index contributed by atoms with van der Waals surface area (Å²) in [4.78, 5) is 23.9. The lowest BCUT2D eigenvalue weighted by atomic mass is 10.0. The highest BCUT2D eigenvalue weighted by atomic mass is 16.5.